The first-order valence-corrected chi connectivity index (χ1v) is 8.80. The highest BCUT2D eigenvalue weighted by molar-refractivity contribution is 5.90. The molecule has 2 aliphatic rings. The highest BCUT2D eigenvalue weighted by Gasteiger charge is 2.25. The van der Waals surface area contributed by atoms with Gasteiger partial charge in [0, 0.05) is 18.8 Å². The van der Waals surface area contributed by atoms with Gasteiger partial charge < -0.3 is 24.4 Å². The summed E-state index contributed by atoms with van der Waals surface area (Å²) >= 11 is 0. The van der Waals surface area contributed by atoms with E-state index < -0.39 is 0 Å². The Hall–Kier alpha value is -2.73. The summed E-state index contributed by atoms with van der Waals surface area (Å²) in [6.45, 7) is 5.41. The van der Waals surface area contributed by atoms with Crippen LogP contribution in [-0.4, -0.2) is 43.0 Å². The molecule has 1 N–H and O–H groups in total. The van der Waals surface area contributed by atoms with Gasteiger partial charge in [0.05, 0.1) is 12.2 Å². The maximum absolute atomic E-state index is 12.6. The number of fused-ring (bicyclic) bond motifs is 1. The summed E-state index contributed by atoms with van der Waals surface area (Å²) in [4.78, 5) is 14.4. The zero-order valence-electron chi connectivity index (χ0n) is 14.9. The fraction of sp³-hybridized carbons (Fsp3) is 0.350. The SMILES string of the molecule is CC1CN(C(=O)Nc2cccc(-c3ccc4c(c3)OCO4)c2)CC(C)O1. The number of carbonyl (C=O) groups excluding carboxylic acids is 1. The summed E-state index contributed by atoms with van der Waals surface area (Å²) in [5.41, 5.74) is 2.78. The molecule has 4 rings (SSSR count). The van der Waals surface area contributed by atoms with Crippen LogP contribution in [0.25, 0.3) is 11.1 Å². The molecular weight excluding hydrogens is 332 g/mol. The van der Waals surface area contributed by atoms with Gasteiger partial charge in [-0.3, -0.25) is 0 Å². The lowest BCUT2D eigenvalue weighted by molar-refractivity contribution is -0.0530. The summed E-state index contributed by atoms with van der Waals surface area (Å²) in [6.07, 6.45) is 0.0916. The fourth-order valence-electron chi connectivity index (χ4n) is 3.40. The van der Waals surface area contributed by atoms with Crippen LogP contribution >= 0.6 is 0 Å². The Morgan fingerprint density at radius 2 is 1.73 bits per heavy atom. The van der Waals surface area contributed by atoms with E-state index in [1.807, 2.05) is 56.3 Å². The van der Waals surface area contributed by atoms with Crippen molar-refractivity contribution in [2.45, 2.75) is 26.1 Å². The molecule has 6 heteroatoms. The van der Waals surface area contributed by atoms with Crippen LogP contribution in [0.15, 0.2) is 42.5 Å². The quantitative estimate of drug-likeness (QED) is 0.893. The normalized spacial score (nSPS) is 21.5. The first-order valence-electron chi connectivity index (χ1n) is 8.80. The number of hydrogen-bond donors (Lipinski definition) is 1. The number of urea groups is 1. The van der Waals surface area contributed by atoms with Crippen molar-refractivity contribution in [3.05, 3.63) is 42.5 Å². The smallest absolute Gasteiger partial charge is 0.322 e. The van der Waals surface area contributed by atoms with Gasteiger partial charge >= 0.3 is 6.03 Å². The van der Waals surface area contributed by atoms with Crippen molar-refractivity contribution >= 4 is 11.7 Å². The topological polar surface area (TPSA) is 60.0 Å². The number of hydrogen-bond acceptors (Lipinski definition) is 4. The van der Waals surface area contributed by atoms with Crippen molar-refractivity contribution in [3.63, 3.8) is 0 Å². The minimum Gasteiger partial charge on any atom is -0.454 e. The van der Waals surface area contributed by atoms with Gasteiger partial charge in [-0.2, -0.15) is 0 Å². The molecule has 2 amide bonds. The molecule has 0 spiro atoms. The van der Waals surface area contributed by atoms with Crippen molar-refractivity contribution in [2.24, 2.45) is 0 Å². The Labute approximate surface area is 152 Å². The molecule has 2 atom stereocenters. The van der Waals surface area contributed by atoms with Crippen molar-refractivity contribution in [1.82, 2.24) is 4.90 Å². The molecule has 6 nitrogen and oxygen atoms in total. The highest BCUT2D eigenvalue weighted by Crippen LogP contribution is 2.36. The maximum Gasteiger partial charge on any atom is 0.322 e. The van der Waals surface area contributed by atoms with Gasteiger partial charge in [-0.1, -0.05) is 18.2 Å². The number of nitrogens with one attached hydrogen (secondary N) is 1. The predicted molar refractivity (Wildman–Crippen MR) is 98.6 cm³/mol. The van der Waals surface area contributed by atoms with E-state index in [-0.39, 0.29) is 25.0 Å². The molecule has 1 fully saturated rings. The number of anilines is 1. The molecule has 0 aliphatic carbocycles. The van der Waals surface area contributed by atoms with Crippen LogP contribution in [0.2, 0.25) is 0 Å². The number of carbonyl (C=O) groups is 1. The Morgan fingerprint density at radius 3 is 2.54 bits per heavy atom. The summed E-state index contributed by atoms with van der Waals surface area (Å²) < 4.78 is 16.5. The van der Waals surface area contributed by atoms with E-state index in [9.17, 15) is 4.79 Å². The zero-order valence-corrected chi connectivity index (χ0v) is 14.9. The van der Waals surface area contributed by atoms with E-state index in [1.54, 1.807) is 4.90 Å². The molecule has 136 valence electrons. The number of morpholine rings is 1. The molecule has 2 aromatic carbocycles. The number of rotatable bonds is 2. The van der Waals surface area contributed by atoms with Gasteiger partial charge in [0.25, 0.3) is 0 Å². The molecule has 2 aromatic rings. The third-order valence-electron chi connectivity index (χ3n) is 4.53. The third kappa shape index (κ3) is 3.46. The Bertz CT molecular complexity index is 813. The molecule has 2 heterocycles. The molecule has 0 saturated carbocycles. The van der Waals surface area contributed by atoms with Crippen molar-refractivity contribution < 1.29 is 19.0 Å². The number of benzene rings is 2. The fourth-order valence-corrected chi connectivity index (χ4v) is 3.40. The lowest BCUT2D eigenvalue weighted by Gasteiger charge is -2.35. The standard InChI is InChI=1S/C20H22N2O4/c1-13-10-22(11-14(2)26-13)20(23)21-17-5-3-4-15(8-17)16-6-7-18-19(9-16)25-12-24-18/h3-9,13-14H,10-12H2,1-2H3,(H,21,23). The van der Waals surface area contributed by atoms with Crippen LogP contribution in [0.1, 0.15) is 13.8 Å². The Balaban J connectivity index is 1.50. The average Bonchev–Trinajstić information content (AvgIpc) is 3.09. The molecule has 0 bridgehead atoms. The molecule has 2 aliphatic heterocycles. The van der Waals surface area contributed by atoms with Gasteiger partial charge in [0.1, 0.15) is 0 Å². The van der Waals surface area contributed by atoms with E-state index in [1.165, 1.54) is 0 Å². The van der Waals surface area contributed by atoms with Crippen molar-refractivity contribution in [1.29, 1.82) is 0 Å². The second-order valence-corrected chi connectivity index (χ2v) is 6.74. The van der Waals surface area contributed by atoms with Gasteiger partial charge in [-0.05, 0) is 49.2 Å². The van der Waals surface area contributed by atoms with Gasteiger partial charge in [-0.25, -0.2) is 4.79 Å². The van der Waals surface area contributed by atoms with E-state index >= 15 is 0 Å². The van der Waals surface area contributed by atoms with Crippen molar-refractivity contribution in [2.75, 3.05) is 25.2 Å². The molecule has 0 radical (unpaired) electrons. The minimum absolute atomic E-state index is 0.0458. The van der Waals surface area contributed by atoms with E-state index in [0.29, 0.717) is 13.1 Å². The zero-order chi connectivity index (χ0) is 18.1. The number of amides is 2. The lowest BCUT2D eigenvalue weighted by Crippen LogP contribution is -2.49. The lowest BCUT2D eigenvalue weighted by atomic mass is 10.0. The van der Waals surface area contributed by atoms with E-state index in [0.717, 1.165) is 28.3 Å². The molecule has 0 aromatic heterocycles. The van der Waals surface area contributed by atoms with Gasteiger partial charge in [0.15, 0.2) is 11.5 Å². The summed E-state index contributed by atoms with van der Waals surface area (Å²) in [7, 11) is 0. The first kappa shape index (κ1) is 16.7. The number of nitrogens with zero attached hydrogens (tertiary/aromatic N) is 1. The second kappa shape index (κ2) is 6.88. The Kier molecular flexibility index (Phi) is 4.42. The highest BCUT2D eigenvalue weighted by atomic mass is 16.7. The molecular formula is C20H22N2O4. The van der Waals surface area contributed by atoms with Gasteiger partial charge in [0.2, 0.25) is 6.79 Å². The number of ether oxygens (including phenoxy) is 3. The third-order valence-corrected chi connectivity index (χ3v) is 4.53. The maximum atomic E-state index is 12.6. The van der Waals surface area contributed by atoms with Crippen LogP contribution < -0.4 is 14.8 Å². The second-order valence-electron chi connectivity index (χ2n) is 6.74. The van der Waals surface area contributed by atoms with Crippen LogP contribution in [0, 0.1) is 0 Å². The Morgan fingerprint density at radius 1 is 1.00 bits per heavy atom. The van der Waals surface area contributed by atoms with Crippen LogP contribution in [0.5, 0.6) is 11.5 Å². The average molecular weight is 354 g/mol. The largest absolute Gasteiger partial charge is 0.454 e. The summed E-state index contributed by atoms with van der Waals surface area (Å²) in [5, 5.41) is 2.99. The van der Waals surface area contributed by atoms with Crippen LogP contribution in [0.3, 0.4) is 0 Å². The molecule has 1 saturated heterocycles. The minimum atomic E-state index is -0.102. The predicted octanol–water partition coefficient (Wildman–Crippen LogP) is 3.72. The van der Waals surface area contributed by atoms with Gasteiger partial charge in [-0.15, -0.1) is 0 Å². The van der Waals surface area contributed by atoms with Crippen molar-refractivity contribution in [3.8, 4) is 22.6 Å². The summed E-state index contributed by atoms with van der Waals surface area (Å²) in [5.74, 6) is 1.50. The van der Waals surface area contributed by atoms with Crippen LogP contribution in [0.4, 0.5) is 10.5 Å². The van der Waals surface area contributed by atoms with E-state index in [2.05, 4.69) is 5.32 Å². The first-order chi connectivity index (χ1) is 12.6. The van der Waals surface area contributed by atoms with E-state index in [4.69, 9.17) is 14.2 Å². The van der Waals surface area contributed by atoms with Crippen LogP contribution in [-0.2, 0) is 4.74 Å². The monoisotopic (exact) mass is 354 g/mol. The molecule has 26 heavy (non-hydrogen) atoms. The molecule has 2 unspecified atom stereocenters. The summed E-state index contributed by atoms with van der Waals surface area (Å²) in [6, 6.07) is 13.5.